The van der Waals surface area contributed by atoms with Gasteiger partial charge in [0, 0.05) is 11.4 Å². The van der Waals surface area contributed by atoms with Crippen molar-refractivity contribution >= 4 is 17.1 Å². The van der Waals surface area contributed by atoms with Gasteiger partial charge in [0.2, 0.25) is 0 Å². The van der Waals surface area contributed by atoms with Crippen molar-refractivity contribution in [2.24, 2.45) is 0 Å². The van der Waals surface area contributed by atoms with Crippen molar-refractivity contribution in [1.82, 2.24) is 5.32 Å². The molecule has 0 spiro atoms. The van der Waals surface area contributed by atoms with Crippen LogP contribution < -0.4 is 5.32 Å². The maximum Gasteiger partial charge on any atom is 0.0587 e. The summed E-state index contributed by atoms with van der Waals surface area (Å²) in [7, 11) is 0. The molecule has 0 amide bonds. The SMILES string of the molecule is S=C1[CH]NCC1. The summed E-state index contributed by atoms with van der Waals surface area (Å²) in [5, 5.41) is 3.01. The molecular weight excluding hydrogens is 94.1 g/mol. The third-order valence-electron chi connectivity index (χ3n) is 0.779. The van der Waals surface area contributed by atoms with Crippen LogP contribution in [0, 0.1) is 6.54 Å². The summed E-state index contributed by atoms with van der Waals surface area (Å²) in [6, 6.07) is 0. The Morgan fingerprint density at radius 1 is 1.83 bits per heavy atom. The Morgan fingerprint density at radius 3 is 2.83 bits per heavy atom. The highest BCUT2D eigenvalue weighted by atomic mass is 32.1. The summed E-state index contributed by atoms with van der Waals surface area (Å²) in [4.78, 5) is 1.05. The standard InChI is InChI=1S/C4H6NS/c6-4-1-2-5-3-4/h3,5H,1-2H2. The highest BCUT2D eigenvalue weighted by Gasteiger charge is 2.02. The predicted molar refractivity (Wildman–Crippen MR) is 29.5 cm³/mol. The third-order valence-corrected chi connectivity index (χ3v) is 1.10. The quantitative estimate of drug-likeness (QED) is 0.445. The minimum absolute atomic E-state index is 1.04. The van der Waals surface area contributed by atoms with Crippen LogP contribution in [0.25, 0.3) is 0 Å². The third kappa shape index (κ3) is 0.758. The van der Waals surface area contributed by atoms with Crippen LogP contribution in [0.4, 0.5) is 0 Å². The van der Waals surface area contributed by atoms with Crippen molar-refractivity contribution in [3.05, 3.63) is 6.54 Å². The van der Waals surface area contributed by atoms with Gasteiger partial charge in [-0.2, -0.15) is 0 Å². The Kier molecular flexibility index (Phi) is 1.17. The lowest BCUT2D eigenvalue weighted by Crippen LogP contribution is -1.99. The molecule has 1 N–H and O–H groups in total. The molecule has 1 fully saturated rings. The van der Waals surface area contributed by atoms with E-state index in [1.54, 1.807) is 0 Å². The van der Waals surface area contributed by atoms with Crippen molar-refractivity contribution in [3.8, 4) is 0 Å². The Bertz CT molecular complexity index is 61.9. The molecule has 0 aromatic carbocycles. The smallest absolute Gasteiger partial charge is 0.0587 e. The second-order valence-electron chi connectivity index (χ2n) is 1.31. The number of nitrogens with one attached hydrogen (secondary N) is 1. The first-order chi connectivity index (χ1) is 2.89. The van der Waals surface area contributed by atoms with E-state index in [0.29, 0.717) is 0 Å². The van der Waals surface area contributed by atoms with Gasteiger partial charge in [-0.1, -0.05) is 12.2 Å². The summed E-state index contributed by atoms with van der Waals surface area (Å²) >= 11 is 4.80. The maximum absolute atomic E-state index is 4.80. The fourth-order valence-corrected chi connectivity index (χ4v) is 0.639. The summed E-state index contributed by atoms with van der Waals surface area (Å²) in [6.07, 6.45) is 1.05. The van der Waals surface area contributed by atoms with E-state index in [9.17, 15) is 0 Å². The van der Waals surface area contributed by atoms with Crippen molar-refractivity contribution in [2.75, 3.05) is 6.54 Å². The Morgan fingerprint density at radius 2 is 2.67 bits per heavy atom. The van der Waals surface area contributed by atoms with Crippen LogP contribution in [-0.2, 0) is 0 Å². The summed E-state index contributed by atoms with van der Waals surface area (Å²) in [6.45, 7) is 2.92. The van der Waals surface area contributed by atoms with Gasteiger partial charge in [0.1, 0.15) is 0 Å². The molecule has 1 nitrogen and oxygen atoms in total. The second-order valence-corrected chi connectivity index (χ2v) is 1.84. The highest BCUT2D eigenvalue weighted by molar-refractivity contribution is 7.80. The van der Waals surface area contributed by atoms with Gasteiger partial charge in [-0.15, -0.1) is 0 Å². The van der Waals surface area contributed by atoms with Gasteiger partial charge >= 0.3 is 0 Å². The lowest BCUT2D eigenvalue weighted by Gasteiger charge is -1.76. The van der Waals surface area contributed by atoms with E-state index in [0.717, 1.165) is 17.8 Å². The van der Waals surface area contributed by atoms with Crippen molar-refractivity contribution in [1.29, 1.82) is 0 Å². The zero-order valence-corrected chi connectivity index (χ0v) is 4.22. The molecule has 2 heteroatoms. The molecule has 1 heterocycles. The van der Waals surface area contributed by atoms with Crippen LogP contribution in [-0.4, -0.2) is 11.4 Å². The molecule has 1 radical (unpaired) electrons. The molecular formula is C4H6NS. The van der Waals surface area contributed by atoms with Crippen LogP contribution in [0.1, 0.15) is 6.42 Å². The van der Waals surface area contributed by atoms with E-state index < -0.39 is 0 Å². The van der Waals surface area contributed by atoms with E-state index in [1.165, 1.54) is 0 Å². The molecule has 0 aliphatic carbocycles. The minimum Gasteiger partial charge on any atom is -0.308 e. The molecule has 6 heavy (non-hydrogen) atoms. The first-order valence-electron chi connectivity index (χ1n) is 1.99. The lowest BCUT2D eigenvalue weighted by atomic mass is 10.4. The summed E-state index contributed by atoms with van der Waals surface area (Å²) in [5.74, 6) is 0. The van der Waals surface area contributed by atoms with Gasteiger partial charge in [0.05, 0.1) is 6.54 Å². The Hall–Kier alpha value is 0.0500. The van der Waals surface area contributed by atoms with Gasteiger partial charge in [0.15, 0.2) is 0 Å². The van der Waals surface area contributed by atoms with Gasteiger partial charge in [0.25, 0.3) is 0 Å². The lowest BCUT2D eigenvalue weighted by molar-refractivity contribution is 0.915. The number of hydrogen-bond acceptors (Lipinski definition) is 2. The van der Waals surface area contributed by atoms with Crippen LogP contribution in [0.5, 0.6) is 0 Å². The minimum atomic E-state index is 1.04. The van der Waals surface area contributed by atoms with Crippen molar-refractivity contribution < 1.29 is 0 Å². The van der Waals surface area contributed by atoms with E-state index in [1.807, 2.05) is 6.54 Å². The fourth-order valence-electron chi connectivity index (χ4n) is 0.454. The van der Waals surface area contributed by atoms with E-state index in [4.69, 9.17) is 12.2 Å². The average Bonchev–Trinajstić information content (AvgIpc) is 1.86. The van der Waals surface area contributed by atoms with E-state index >= 15 is 0 Å². The molecule has 0 atom stereocenters. The van der Waals surface area contributed by atoms with Gasteiger partial charge in [-0.25, -0.2) is 0 Å². The first kappa shape index (κ1) is 4.22. The molecule has 1 aliphatic heterocycles. The average molecular weight is 100 g/mol. The molecule has 0 bridgehead atoms. The molecule has 33 valence electrons. The predicted octanol–water partition coefficient (Wildman–Crippen LogP) is 0.511. The maximum atomic E-state index is 4.80. The van der Waals surface area contributed by atoms with Crippen molar-refractivity contribution in [3.63, 3.8) is 0 Å². The van der Waals surface area contributed by atoms with Crippen LogP contribution >= 0.6 is 12.2 Å². The van der Waals surface area contributed by atoms with Gasteiger partial charge in [-0.3, -0.25) is 0 Å². The van der Waals surface area contributed by atoms with E-state index in [2.05, 4.69) is 5.32 Å². The molecule has 1 saturated heterocycles. The monoisotopic (exact) mass is 100 g/mol. The number of rotatable bonds is 0. The highest BCUT2D eigenvalue weighted by Crippen LogP contribution is 1.94. The number of hydrogen-bond donors (Lipinski definition) is 1. The fraction of sp³-hybridized carbons (Fsp3) is 0.500. The zero-order chi connectivity index (χ0) is 4.41. The second kappa shape index (κ2) is 1.67. The van der Waals surface area contributed by atoms with Crippen LogP contribution in [0.15, 0.2) is 0 Å². The van der Waals surface area contributed by atoms with Gasteiger partial charge in [-0.05, 0) is 6.42 Å². The Balaban J connectivity index is 2.37. The molecule has 0 unspecified atom stereocenters. The van der Waals surface area contributed by atoms with Gasteiger partial charge < -0.3 is 5.32 Å². The topological polar surface area (TPSA) is 12.0 Å². The van der Waals surface area contributed by atoms with Crippen LogP contribution in [0.3, 0.4) is 0 Å². The normalized spacial score (nSPS) is 22.3. The summed E-state index contributed by atoms with van der Waals surface area (Å²) in [5.41, 5.74) is 0. The van der Waals surface area contributed by atoms with E-state index in [-0.39, 0.29) is 0 Å². The molecule has 1 aliphatic rings. The largest absolute Gasteiger partial charge is 0.308 e. The first-order valence-corrected chi connectivity index (χ1v) is 2.40. The molecule has 1 rings (SSSR count). The summed E-state index contributed by atoms with van der Waals surface area (Å²) < 4.78 is 0. The van der Waals surface area contributed by atoms with Crippen molar-refractivity contribution in [2.45, 2.75) is 6.42 Å². The Labute approximate surface area is 42.7 Å². The molecule has 0 saturated carbocycles. The van der Waals surface area contributed by atoms with Crippen LogP contribution in [0.2, 0.25) is 0 Å². The molecule has 0 aromatic rings. The molecule has 0 aromatic heterocycles. The zero-order valence-electron chi connectivity index (χ0n) is 3.40. The number of thiocarbonyl (C=S) groups is 1.